The highest BCUT2D eigenvalue weighted by Gasteiger charge is 2.16. The molecule has 0 amide bonds. The zero-order valence-electron chi connectivity index (χ0n) is 11.6. The molecule has 0 radical (unpaired) electrons. The lowest BCUT2D eigenvalue weighted by Crippen LogP contribution is -1.95. The van der Waals surface area contributed by atoms with Crippen LogP contribution in [0.1, 0.15) is 5.89 Å². The van der Waals surface area contributed by atoms with Crippen LogP contribution in [0, 0.1) is 0 Å². The van der Waals surface area contributed by atoms with Crippen molar-refractivity contribution in [2.75, 3.05) is 27.2 Å². The third-order valence-electron chi connectivity index (χ3n) is 2.81. The summed E-state index contributed by atoms with van der Waals surface area (Å²) < 4.78 is 21.5. The van der Waals surface area contributed by atoms with Crippen molar-refractivity contribution in [3.63, 3.8) is 0 Å². The van der Waals surface area contributed by atoms with E-state index in [0.717, 1.165) is 5.56 Å². The second kappa shape index (κ2) is 6.52. The van der Waals surface area contributed by atoms with Crippen LogP contribution in [0.2, 0.25) is 0 Å². The van der Waals surface area contributed by atoms with Gasteiger partial charge in [0.1, 0.15) is 0 Å². The summed E-state index contributed by atoms with van der Waals surface area (Å²) in [6.07, 6.45) is 2.24. The molecule has 0 spiro atoms. The Bertz CT molecular complexity index is 557. The van der Waals surface area contributed by atoms with Gasteiger partial charge < -0.3 is 18.6 Å². The number of aromatic nitrogens is 1. The number of hydrogen-bond donors (Lipinski definition) is 0. The highest BCUT2D eigenvalue weighted by Crippen LogP contribution is 2.41. The third-order valence-corrected chi connectivity index (χ3v) is 3.00. The summed E-state index contributed by atoms with van der Waals surface area (Å²) in [6.45, 7) is 0. The quantitative estimate of drug-likeness (QED) is 0.767. The lowest BCUT2D eigenvalue weighted by Gasteiger charge is -2.13. The van der Waals surface area contributed by atoms with Crippen molar-refractivity contribution >= 4 is 11.6 Å². The Morgan fingerprint density at radius 1 is 1.10 bits per heavy atom. The van der Waals surface area contributed by atoms with E-state index in [9.17, 15) is 0 Å². The summed E-state index contributed by atoms with van der Waals surface area (Å²) in [6, 6.07) is 3.62. The predicted octanol–water partition coefficient (Wildman–Crippen LogP) is 3.15. The normalized spacial score (nSPS) is 10.4. The molecular weight excluding hydrogens is 282 g/mol. The first-order valence-electron chi connectivity index (χ1n) is 6.04. The van der Waals surface area contributed by atoms with Crippen LogP contribution >= 0.6 is 11.6 Å². The molecule has 0 atom stereocenters. The number of alkyl halides is 1. The van der Waals surface area contributed by atoms with E-state index in [1.807, 2.05) is 12.1 Å². The summed E-state index contributed by atoms with van der Waals surface area (Å²) >= 11 is 5.67. The minimum atomic E-state index is 0.467. The Kier molecular flexibility index (Phi) is 4.74. The molecule has 0 N–H and O–H groups in total. The van der Waals surface area contributed by atoms with Crippen LogP contribution in [0.15, 0.2) is 22.7 Å². The highest BCUT2D eigenvalue weighted by atomic mass is 35.5. The second-order valence-corrected chi connectivity index (χ2v) is 4.35. The van der Waals surface area contributed by atoms with Gasteiger partial charge in [-0.15, -0.1) is 11.6 Å². The Balaban J connectivity index is 2.45. The lowest BCUT2D eigenvalue weighted by atomic mass is 10.1. The Morgan fingerprint density at radius 2 is 1.75 bits per heavy atom. The zero-order valence-corrected chi connectivity index (χ0v) is 12.4. The average Bonchev–Trinajstić information content (AvgIpc) is 2.94. The fourth-order valence-electron chi connectivity index (χ4n) is 1.86. The summed E-state index contributed by atoms with van der Waals surface area (Å²) in [4.78, 5) is 4.17. The minimum Gasteiger partial charge on any atom is -0.493 e. The molecule has 20 heavy (non-hydrogen) atoms. The Labute approximate surface area is 122 Å². The van der Waals surface area contributed by atoms with Gasteiger partial charge in [-0.1, -0.05) is 0 Å². The fourth-order valence-corrected chi connectivity index (χ4v) is 2.03. The molecule has 2 rings (SSSR count). The first kappa shape index (κ1) is 14.5. The SMILES string of the molecule is COc1cc(-c2cnc(CCCl)o2)cc(OC)c1OC. The van der Waals surface area contributed by atoms with Crippen LogP contribution in [0.4, 0.5) is 0 Å². The minimum absolute atomic E-state index is 0.467. The van der Waals surface area contributed by atoms with Crippen molar-refractivity contribution in [2.24, 2.45) is 0 Å². The van der Waals surface area contributed by atoms with E-state index >= 15 is 0 Å². The number of ether oxygens (including phenoxy) is 3. The van der Waals surface area contributed by atoms with Crippen molar-refractivity contribution in [2.45, 2.75) is 6.42 Å². The van der Waals surface area contributed by atoms with E-state index in [2.05, 4.69) is 4.98 Å². The Morgan fingerprint density at radius 3 is 2.25 bits per heavy atom. The molecule has 0 fully saturated rings. The number of oxazole rings is 1. The molecule has 5 nitrogen and oxygen atoms in total. The summed E-state index contributed by atoms with van der Waals surface area (Å²) in [5.41, 5.74) is 0.799. The maximum absolute atomic E-state index is 5.67. The smallest absolute Gasteiger partial charge is 0.203 e. The van der Waals surface area contributed by atoms with Gasteiger partial charge in [0.2, 0.25) is 5.75 Å². The monoisotopic (exact) mass is 297 g/mol. The first-order valence-corrected chi connectivity index (χ1v) is 6.58. The van der Waals surface area contributed by atoms with Gasteiger partial charge in [0.25, 0.3) is 0 Å². The number of nitrogens with zero attached hydrogens (tertiary/aromatic N) is 1. The maximum Gasteiger partial charge on any atom is 0.203 e. The van der Waals surface area contributed by atoms with Crippen molar-refractivity contribution in [1.29, 1.82) is 0 Å². The molecular formula is C14H16ClNO4. The summed E-state index contributed by atoms with van der Waals surface area (Å²) in [5.74, 6) is 3.37. The standard InChI is InChI=1S/C14H16ClNO4/c1-17-10-6-9(7-11(18-2)14(10)19-3)12-8-16-13(20-12)4-5-15/h6-8H,4-5H2,1-3H3. The molecule has 0 saturated heterocycles. The number of aryl methyl sites for hydroxylation is 1. The fraction of sp³-hybridized carbons (Fsp3) is 0.357. The van der Waals surface area contributed by atoms with E-state index in [1.54, 1.807) is 27.5 Å². The summed E-state index contributed by atoms with van der Waals surface area (Å²) in [5, 5.41) is 0. The number of methoxy groups -OCH3 is 3. The van der Waals surface area contributed by atoms with Gasteiger partial charge in [-0.25, -0.2) is 4.98 Å². The highest BCUT2D eigenvalue weighted by molar-refractivity contribution is 6.17. The molecule has 1 heterocycles. The zero-order chi connectivity index (χ0) is 14.5. The van der Waals surface area contributed by atoms with Crippen LogP contribution in [-0.2, 0) is 6.42 Å². The van der Waals surface area contributed by atoms with Crippen LogP contribution in [-0.4, -0.2) is 32.2 Å². The van der Waals surface area contributed by atoms with E-state index in [4.69, 9.17) is 30.2 Å². The molecule has 2 aromatic rings. The first-order chi connectivity index (χ1) is 9.73. The predicted molar refractivity (Wildman–Crippen MR) is 76.0 cm³/mol. The number of hydrogen-bond acceptors (Lipinski definition) is 5. The number of benzene rings is 1. The molecule has 1 aromatic carbocycles. The van der Waals surface area contributed by atoms with Gasteiger partial charge in [0.05, 0.1) is 27.5 Å². The maximum atomic E-state index is 5.67. The van der Waals surface area contributed by atoms with Crippen LogP contribution in [0.25, 0.3) is 11.3 Å². The van der Waals surface area contributed by atoms with Crippen molar-refractivity contribution in [1.82, 2.24) is 4.98 Å². The average molecular weight is 298 g/mol. The molecule has 0 unspecified atom stereocenters. The van der Waals surface area contributed by atoms with E-state index in [0.29, 0.717) is 41.2 Å². The lowest BCUT2D eigenvalue weighted by molar-refractivity contribution is 0.324. The topological polar surface area (TPSA) is 53.7 Å². The van der Waals surface area contributed by atoms with Crippen LogP contribution < -0.4 is 14.2 Å². The van der Waals surface area contributed by atoms with Gasteiger partial charge in [0, 0.05) is 17.9 Å². The molecule has 0 bridgehead atoms. The van der Waals surface area contributed by atoms with E-state index in [1.165, 1.54) is 0 Å². The van der Waals surface area contributed by atoms with Gasteiger partial charge in [-0.05, 0) is 12.1 Å². The number of rotatable bonds is 6. The van der Waals surface area contributed by atoms with Crippen molar-refractivity contribution < 1.29 is 18.6 Å². The van der Waals surface area contributed by atoms with Gasteiger partial charge in [-0.3, -0.25) is 0 Å². The van der Waals surface area contributed by atoms with Crippen LogP contribution in [0.5, 0.6) is 17.2 Å². The second-order valence-electron chi connectivity index (χ2n) is 3.97. The molecule has 1 aromatic heterocycles. The van der Waals surface area contributed by atoms with Crippen molar-refractivity contribution in [3.05, 3.63) is 24.2 Å². The molecule has 6 heteroatoms. The summed E-state index contributed by atoms with van der Waals surface area (Å²) in [7, 11) is 4.70. The van der Waals surface area contributed by atoms with E-state index < -0.39 is 0 Å². The third kappa shape index (κ3) is 2.82. The van der Waals surface area contributed by atoms with Gasteiger partial charge in [0.15, 0.2) is 23.1 Å². The Hall–Kier alpha value is -1.88. The van der Waals surface area contributed by atoms with Gasteiger partial charge in [-0.2, -0.15) is 0 Å². The molecule has 0 aliphatic carbocycles. The van der Waals surface area contributed by atoms with Crippen LogP contribution in [0.3, 0.4) is 0 Å². The molecule has 0 saturated carbocycles. The molecule has 108 valence electrons. The van der Waals surface area contributed by atoms with Crippen molar-refractivity contribution in [3.8, 4) is 28.6 Å². The largest absolute Gasteiger partial charge is 0.493 e. The molecule has 0 aliphatic heterocycles. The molecule has 0 aliphatic rings. The van der Waals surface area contributed by atoms with E-state index in [-0.39, 0.29) is 0 Å². The number of halogens is 1. The van der Waals surface area contributed by atoms with Gasteiger partial charge >= 0.3 is 0 Å².